The Kier molecular flexibility index (Phi) is 5.21. The van der Waals surface area contributed by atoms with Crippen LogP contribution < -0.4 is 10.1 Å². The zero-order valence-electron chi connectivity index (χ0n) is 12.4. The largest absolute Gasteiger partial charge is 0.457 e. The van der Waals surface area contributed by atoms with Crippen LogP contribution in [0.15, 0.2) is 36.4 Å². The van der Waals surface area contributed by atoms with Gasteiger partial charge in [-0.15, -0.1) is 0 Å². The van der Waals surface area contributed by atoms with Crippen LogP contribution in [0.2, 0.25) is 5.02 Å². The van der Waals surface area contributed by atoms with Crippen molar-refractivity contribution >= 4 is 11.6 Å². The van der Waals surface area contributed by atoms with Crippen molar-refractivity contribution < 1.29 is 9.13 Å². The predicted molar refractivity (Wildman–Crippen MR) is 84.8 cm³/mol. The first kappa shape index (κ1) is 15.8. The summed E-state index contributed by atoms with van der Waals surface area (Å²) in [6.07, 6.45) is 0. The van der Waals surface area contributed by atoms with E-state index < -0.39 is 0 Å². The molecule has 0 aliphatic rings. The van der Waals surface area contributed by atoms with E-state index in [-0.39, 0.29) is 11.9 Å². The van der Waals surface area contributed by atoms with Gasteiger partial charge in [0, 0.05) is 16.6 Å². The quantitative estimate of drug-likeness (QED) is 0.814. The third-order valence-corrected chi connectivity index (χ3v) is 3.55. The van der Waals surface area contributed by atoms with E-state index in [2.05, 4.69) is 5.32 Å². The highest BCUT2D eigenvalue weighted by Gasteiger charge is 2.14. The Morgan fingerprint density at radius 3 is 2.67 bits per heavy atom. The van der Waals surface area contributed by atoms with Gasteiger partial charge in [0.2, 0.25) is 0 Å². The monoisotopic (exact) mass is 307 g/mol. The molecular weight excluding hydrogens is 289 g/mol. The summed E-state index contributed by atoms with van der Waals surface area (Å²) in [4.78, 5) is 0. The fourth-order valence-corrected chi connectivity index (χ4v) is 2.33. The van der Waals surface area contributed by atoms with E-state index in [9.17, 15) is 4.39 Å². The predicted octanol–water partition coefficient (Wildman–Crippen LogP) is 5.25. The lowest BCUT2D eigenvalue weighted by atomic mass is 10.1. The van der Waals surface area contributed by atoms with Crippen LogP contribution in [-0.4, -0.2) is 6.54 Å². The molecule has 1 N–H and O–H groups in total. The van der Waals surface area contributed by atoms with E-state index in [1.807, 2.05) is 32.9 Å². The first-order valence-corrected chi connectivity index (χ1v) is 7.36. The van der Waals surface area contributed by atoms with E-state index in [0.29, 0.717) is 16.5 Å². The molecule has 0 fully saturated rings. The van der Waals surface area contributed by atoms with Crippen molar-refractivity contribution in [3.8, 4) is 11.5 Å². The minimum atomic E-state index is -0.273. The third kappa shape index (κ3) is 3.96. The maximum absolute atomic E-state index is 13.5. The lowest BCUT2D eigenvalue weighted by molar-refractivity contribution is 0.457. The van der Waals surface area contributed by atoms with Crippen molar-refractivity contribution in [2.45, 2.75) is 26.8 Å². The van der Waals surface area contributed by atoms with Gasteiger partial charge in [-0.05, 0) is 56.3 Å². The van der Waals surface area contributed by atoms with E-state index in [1.54, 1.807) is 12.1 Å². The van der Waals surface area contributed by atoms with Crippen LogP contribution in [0.4, 0.5) is 4.39 Å². The summed E-state index contributed by atoms with van der Waals surface area (Å²) in [5.74, 6) is 1.04. The summed E-state index contributed by atoms with van der Waals surface area (Å²) >= 11 is 6.01. The molecular formula is C17H19ClFNO. The second-order valence-electron chi connectivity index (χ2n) is 4.97. The van der Waals surface area contributed by atoms with Crippen molar-refractivity contribution in [3.63, 3.8) is 0 Å². The summed E-state index contributed by atoms with van der Waals surface area (Å²) in [5, 5.41) is 3.88. The van der Waals surface area contributed by atoms with Gasteiger partial charge in [0.15, 0.2) is 0 Å². The van der Waals surface area contributed by atoms with Gasteiger partial charge in [0.05, 0.1) is 0 Å². The highest BCUT2D eigenvalue weighted by molar-refractivity contribution is 6.30. The van der Waals surface area contributed by atoms with E-state index in [1.165, 1.54) is 12.1 Å². The van der Waals surface area contributed by atoms with Gasteiger partial charge in [-0.2, -0.15) is 0 Å². The number of halogens is 2. The minimum Gasteiger partial charge on any atom is -0.457 e. The van der Waals surface area contributed by atoms with Gasteiger partial charge in [0.25, 0.3) is 0 Å². The molecule has 0 spiro atoms. The smallest absolute Gasteiger partial charge is 0.132 e. The van der Waals surface area contributed by atoms with Crippen LogP contribution in [0.5, 0.6) is 11.5 Å². The molecule has 0 aliphatic carbocycles. The number of hydrogen-bond acceptors (Lipinski definition) is 2. The molecule has 2 nitrogen and oxygen atoms in total. The Balaban J connectivity index is 2.37. The van der Waals surface area contributed by atoms with Gasteiger partial charge >= 0.3 is 0 Å². The van der Waals surface area contributed by atoms with E-state index in [4.69, 9.17) is 16.3 Å². The molecule has 0 aliphatic heterocycles. The van der Waals surface area contributed by atoms with Gasteiger partial charge in [0.1, 0.15) is 17.3 Å². The Morgan fingerprint density at radius 2 is 1.95 bits per heavy atom. The molecule has 1 unspecified atom stereocenters. The number of ether oxygens (including phenoxy) is 1. The first-order chi connectivity index (χ1) is 10.0. The Morgan fingerprint density at radius 1 is 1.19 bits per heavy atom. The Bertz CT molecular complexity index is 630. The zero-order chi connectivity index (χ0) is 15.4. The molecule has 0 radical (unpaired) electrons. The number of benzene rings is 2. The summed E-state index contributed by atoms with van der Waals surface area (Å²) in [6.45, 7) is 6.74. The molecule has 0 amide bonds. The normalized spacial score (nSPS) is 12.2. The molecule has 2 rings (SSSR count). The van der Waals surface area contributed by atoms with Gasteiger partial charge < -0.3 is 10.1 Å². The van der Waals surface area contributed by atoms with Crippen LogP contribution in [0.3, 0.4) is 0 Å². The number of rotatable bonds is 5. The second-order valence-corrected chi connectivity index (χ2v) is 5.41. The SMILES string of the molecule is CCNC(C)c1cc(F)ccc1Oc1cc(Cl)ccc1C. The minimum absolute atomic E-state index is 0.000176. The van der Waals surface area contributed by atoms with Crippen LogP contribution in [0, 0.1) is 12.7 Å². The average Bonchev–Trinajstić information content (AvgIpc) is 2.45. The van der Waals surface area contributed by atoms with Gasteiger partial charge in [-0.1, -0.05) is 24.6 Å². The van der Waals surface area contributed by atoms with Crippen molar-refractivity contribution in [3.05, 3.63) is 58.4 Å². The zero-order valence-corrected chi connectivity index (χ0v) is 13.2. The number of nitrogens with one attached hydrogen (secondary N) is 1. The Hall–Kier alpha value is -1.58. The fourth-order valence-electron chi connectivity index (χ4n) is 2.17. The molecule has 2 aromatic carbocycles. The maximum atomic E-state index is 13.5. The molecule has 0 heterocycles. The van der Waals surface area contributed by atoms with Crippen LogP contribution in [0.1, 0.15) is 31.0 Å². The van der Waals surface area contributed by atoms with Crippen LogP contribution in [0.25, 0.3) is 0 Å². The molecule has 0 aromatic heterocycles. The van der Waals surface area contributed by atoms with Crippen molar-refractivity contribution in [2.75, 3.05) is 6.54 Å². The fraction of sp³-hybridized carbons (Fsp3) is 0.294. The van der Waals surface area contributed by atoms with Crippen molar-refractivity contribution in [1.29, 1.82) is 0 Å². The summed E-state index contributed by atoms with van der Waals surface area (Å²) in [6, 6.07) is 10.0. The number of hydrogen-bond donors (Lipinski definition) is 1. The molecule has 0 bridgehead atoms. The summed E-state index contributed by atoms with van der Waals surface area (Å²) < 4.78 is 19.5. The molecule has 0 saturated carbocycles. The lowest BCUT2D eigenvalue weighted by Crippen LogP contribution is -2.18. The van der Waals surface area contributed by atoms with Crippen molar-refractivity contribution in [1.82, 2.24) is 5.32 Å². The molecule has 1 atom stereocenters. The first-order valence-electron chi connectivity index (χ1n) is 6.98. The number of aryl methyl sites for hydroxylation is 1. The topological polar surface area (TPSA) is 21.3 Å². The highest BCUT2D eigenvalue weighted by atomic mass is 35.5. The average molecular weight is 308 g/mol. The Labute approximate surface area is 129 Å². The molecule has 21 heavy (non-hydrogen) atoms. The summed E-state index contributed by atoms with van der Waals surface area (Å²) in [5.41, 5.74) is 1.77. The lowest BCUT2D eigenvalue weighted by Gasteiger charge is -2.18. The standard InChI is InChI=1S/C17H19ClFNO/c1-4-20-12(3)15-10-14(19)7-8-16(15)21-17-9-13(18)6-5-11(17)2/h5-10,12,20H,4H2,1-3H3. The second kappa shape index (κ2) is 6.92. The molecule has 0 saturated heterocycles. The molecule has 2 aromatic rings. The van der Waals surface area contributed by atoms with Crippen LogP contribution in [-0.2, 0) is 0 Å². The summed E-state index contributed by atoms with van der Waals surface area (Å²) in [7, 11) is 0. The van der Waals surface area contributed by atoms with Crippen LogP contribution >= 0.6 is 11.6 Å². The molecule has 4 heteroatoms. The third-order valence-electron chi connectivity index (χ3n) is 3.32. The van der Waals surface area contributed by atoms with E-state index in [0.717, 1.165) is 17.7 Å². The maximum Gasteiger partial charge on any atom is 0.132 e. The van der Waals surface area contributed by atoms with Crippen molar-refractivity contribution in [2.24, 2.45) is 0 Å². The molecule has 112 valence electrons. The van der Waals surface area contributed by atoms with E-state index >= 15 is 0 Å². The highest BCUT2D eigenvalue weighted by Crippen LogP contribution is 2.33. The van der Waals surface area contributed by atoms with Gasteiger partial charge in [-0.25, -0.2) is 4.39 Å². The van der Waals surface area contributed by atoms with Gasteiger partial charge in [-0.3, -0.25) is 0 Å².